The maximum Gasteiger partial charge on any atom is 0.335 e. The molecule has 4 amide bonds. The molecule has 9 heteroatoms. The van der Waals surface area contributed by atoms with Crippen LogP contribution in [0.2, 0.25) is 0 Å². The number of benzene rings is 3. The number of imide groups is 2. The van der Waals surface area contributed by atoms with Gasteiger partial charge in [-0.3, -0.25) is 14.9 Å². The Labute approximate surface area is 206 Å². The fourth-order valence-electron chi connectivity index (χ4n) is 3.56. The number of hydrogen-bond acceptors (Lipinski definition) is 6. The summed E-state index contributed by atoms with van der Waals surface area (Å²) in [5.41, 5.74) is 1.49. The molecule has 4 rings (SSSR count). The molecule has 0 saturated carbocycles. The van der Waals surface area contributed by atoms with E-state index < -0.39 is 23.8 Å². The van der Waals surface area contributed by atoms with Crippen LogP contribution in [0.4, 0.5) is 10.5 Å². The minimum absolute atomic E-state index is 0.167. The SMILES string of the molecule is CCOc1cccc(N2C(=O)NC(=O)C(=Cc3ccc(OCc4cccc(C(=O)O)c4)cc3)C2=O)c1. The van der Waals surface area contributed by atoms with E-state index in [1.165, 1.54) is 18.2 Å². The molecule has 9 nitrogen and oxygen atoms in total. The van der Waals surface area contributed by atoms with Crippen molar-refractivity contribution in [1.82, 2.24) is 5.32 Å². The fourth-order valence-corrected chi connectivity index (χ4v) is 3.56. The van der Waals surface area contributed by atoms with Crippen molar-refractivity contribution in [3.05, 3.63) is 95.1 Å². The minimum Gasteiger partial charge on any atom is -0.494 e. The second-order valence-electron chi connectivity index (χ2n) is 7.75. The zero-order valence-corrected chi connectivity index (χ0v) is 19.3. The molecule has 0 unspecified atom stereocenters. The number of nitrogens with one attached hydrogen (secondary N) is 1. The van der Waals surface area contributed by atoms with E-state index in [2.05, 4.69) is 5.32 Å². The van der Waals surface area contributed by atoms with Crippen LogP contribution in [0.25, 0.3) is 6.08 Å². The second kappa shape index (κ2) is 10.6. The Kier molecular flexibility index (Phi) is 7.10. The van der Waals surface area contributed by atoms with Crippen molar-refractivity contribution >= 4 is 35.6 Å². The molecule has 0 bridgehead atoms. The van der Waals surface area contributed by atoms with Gasteiger partial charge >= 0.3 is 12.0 Å². The second-order valence-corrected chi connectivity index (χ2v) is 7.75. The third-order valence-electron chi connectivity index (χ3n) is 5.26. The summed E-state index contributed by atoms with van der Waals surface area (Å²) in [6.07, 6.45) is 1.39. The normalized spacial score (nSPS) is 14.5. The van der Waals surface area contributed by atoms with E-state index in [0.29, 0.717) is 29.2 Å². The highest BCUT2D eigenvalue weighted by atomic mass is 16.5. The molecule has 0 aliphatic carbocycles. The molecular formula is C27H22N2O7. The van der Waals surface area contributed by atoms with Gasteiger partial charge in [0, 0.05) is 6.07 Å². The van der Waals surface area contributed by atoms with Crippen LogP contribution in [0.15, 0.2) is 78.4 Å². The molecule has 2 N–H and O–H groups in total. The number of hydrogen-bond donors (Lipinski definition) is 2. The van der Waals surface area contributed by atoms with E-state index >= 15 is 0 Å². The number of carbonyl (C=O) groups excluding carboxylic acids is 3. The predicted octanol–water partition coefficient (Wildman–Crippen LogP) is 4.03. The van der Waals surface area contributed by atoms with Crippen LogP contribution < -0.4 is 19.7 Å². The molecule has 0 atom stereocenters. The Hall–Kier alpha value is -4.92. The van der Waals surface area contributed by atoms with Crippen molar-refractivity contribution in [2.75, 3.05) is 11.5 Å². The number of carboxylic acids is 1. The quantitative estimate of drug-likeness (QED) is 0.364. The third kappa shape index (κ3) is 5.41. The first-order chi connectivity index (χ1) is 17.4. The van der Waals surface area contributed by atoms with Gasteiger partial charge in [0.2, 0.25) is 0 Å². The lowest BCUT2D eigenvalue weighted by molar-refractivity contribution is -0.122. The van der Waals surface area contributed by atoms with E-state index in [-0.39, 0.29) is 23.4 Å². The number of ether oxygens (including phenoxy) is 2. The highest BCUT2D eigenvalue weighted by Crippen LogP contribution is 2.26. The van der Waals surface area contributed by atoms with Gasteiger partial charge in [-0.15, -0.1) is 0 Å². The van der Waals surface area contributed by atoms with Gasteiger partial charge in [-0.25, -0.2) is 14.5 Å². The van der Waals surface area contributed by atoms with E-state index in [1.54, 1.807) is 60.7 Å². The zero-order chi connectivity index (χ0) is 25.7. The topological polar surface area (TPSA) is 122 Å². The van der Waals surface area contributed by atoms with Crippen LogP contribution in [0.5, 0.6) is 11.5 Å². The van der Waals surface area contributed by atoms with Crippen molar-refractivity contribution < 1.29 is 33.8 Å². The van der Waals surface area contributed by atoms with Gasteiger partial charge in [-0.2, -0.15) is 0 Å². The molecule has 1 aliphatic heterocycles. The van der Waals surface area contributed by atoms with E-state index in [0.717, 1.165) is 4.90 Å². The van der Waals surface area contributed by atoms with Crippen molar-refractivity contribution in [3.63, 3.8) is 0 Å². The van der Waals surface area contributed by atoms with E-state index in [1.807, 2.05) is 6.92 Å². The number of urea groups is 1. The maximum atomic E-state index is 13.1. The average molecular weight is 486 g/mol. The summed E-state index contributed by atoms with van der Waals surface area (Å²) < 4.78 is 11.1. The Morgan fingerprint density at radius 2 is 1.69 bits per heavy atom. The smallest absolute Gasteiger partial charge is 0.335 e. The molecule has 1 saturated heterocycles. The molecule has 36 heavy (non-hydrogen) atoms. The van der Waals surface area contributed by atoms with Crippen LogP contribution >= 0.6 is 0 Å². The minimum atomic E-state index is -1.02. The molecule has 1 aliphatic rings. The maximum absolute atomic E-state index is 13.1. The average Bonchev–Trinajstić information content (AvgIpc) is 2.86. The van der Waals surface area contributed by atoms with Gasteiger partial charge in [0.25, 0.3) is 11.8 Å². The molecule has 0 radical (unpaired) electrons. The largest absolute Gasteiger partial charge is 0.494 e. The van der Waals surface area contributed by atoms with Crippen LogP contribution in [0.1, 0.15) is 28.4 Å². The summed E-state index contributed by atoms with van der Waals surface area (Å²) in [5, 5.41) is 11.3. The van der Waals surface area contributed by atoms with E-state index in [4.69, 9.17) is 14.6 Å². The first kappa shape index (κ1) is 24.2. The molecule has 0 aromatic heterocycles. The van der Waals surface area contributed by atoms with Crippen molar-refractivity contribution in [3.8, 4) is 11.5 Å². The Morgan fingerprint density at radius 1 is 0.944 bits per heavy atom. The number of carbonyl (C=O) groups is 4. The summed E-state index contributed by atoms with van der Waals surface area (Å²) in [4.78, 5) is 49.9. The Morgan fingerprint density at radius 3 is 2.42 bits per heavy atom. The molecule has 0 spiro atoms. The summed E-state index contributed by atoms with van der Waals surface area (Å²) in [5.74, 6) is -1.56. The molecule has 3 aromatic carbocycles. The summed E-state index contributed by atoms with van der Waals surface area (Å²) >= 11 is 0. The van der Waals surface area contributed by atoms with Gasteiger partial charge in [0.1, 0.15) is 23.7 Å². The van der Waals surface area contributed by atoms with Crippen molar-refractivity contribution in [2.45, 2.75) is 13.5 Å². The van der Waals surface area contributed by atoms with Crippen LogP contribution in [0.3, 0.4) is 0 Å². The van der Waals surface area contributed by atoms with Crippen LogP contribution in [0, 0.1) is 0 Å². The molecule has 1 fully saturated rings. The highest BCUT2D eigenvalue weighted by molar-refractivity contribution is 6.39. The van der Waals surface area contributed by atoms with E-state index in [9.17, 15) is 19.2 Å². The molecule has 182 valence electrons. The van der Waals surface area contributed by atoms with Gasteiger partial charge in [0.15, 0.2) is 0 Å². The van der Waals surface area contributed by atoms with Gasteiger partial charge in [-0.05, 0) is 60.5 Å². The first-order valence-electron chi connectivity index (χ1n) is 11.0. The number of aromatic carboxylic acids is 1. The number of rotatable bonds is 8. The third-order valence-corrected chi connectivity index (χ3v) is 5.26. The van der Waals surface area contributed by atoms with Crippen LogP contribution in [-0.4, -0.2) is 35.5 Å². The monoisotopic (exact) mass is 486 g/mol. The summed E-state index contributed by atoms with van der Waals surface area (Å²) in [6.45, 7) is 2.40. The zero-order valence-electron chi connectivity index (χ0n) is 19.3. The van der Waals surface area contributed by atoms with Crippen molar-refractivity contribution in [2.24, 2.45) is 0 Å². The van der Waals surface area contributed by atoms with Gasteiger partial charge < -0.3 is 14.6 Å². The lowest BCUT2D eigenvalue weighted by Gasteiger charge is -2.26. The van der Waals surface area contributed by atoms with Gasteiger partial charge in [0.05, 0.1) is 17.9 Å². The van der Waals surface area contributed by atoms with Crippen molar-refractivity contribution in [1.29, 1.82) is 0 Å². The molecule has 3 aromatic rings. The first-order valence-corrected chi connectivity index (χ1v) is 11.0. The highest BCUT2D eigenvalue weighted by Gasteiger charge is 2.36. The van der Waals surface area contributed by atoms with Crippen LogP contribution in [-0.2, 0) is 16.2 Å². The number of carboxylic acid groups (broad SMARTS) is 1. The van der Waals surface area contributed by atoms with Gasteiger partial charge in [-0.1, -0.05) is 30.3 Å². The number of anilines is 1. The fraction of sp³-hybridized carbons (Fsp3) is 0.111. The Balaban J connectivity index is 1.50. The number of nitrogens with zero attached hydrogens (tertiary/aromatic N) is 1. The number of barbiturate groups is 1. The molecule has 1 heterocycles. The Bertz CT molecular complexity index is 1360. The predicted molar refractivity (Wildman–Crippen MR) is 131 cm³/mol. The molecular weight excluding hydrogens is 464 g/mol. The standard InChI is InChI=1S/C27H22N2O7/c1-2-35-22-8-4-7-20(15-22)29-25(31)23(24(30)28-27(29)34)14-17-9-11-21(12-10-17)36-16-18-5-3-6-19(13-18)26(32)33/h3-15H,2,16H2,1H3,(H,32,33)(H,28,30,34). The summed E-state index contributed by atoms with van der Waals surface area (Å²) in [6, 6.07) is 18.7. The lowest BCUT2D eigenvalue weighted by atomic mass is 10.1. The summed E-state index contributed by atoms with van der Waals surface area (Å²) in [7, 11) is 0. The lowest BCUT2D eigenvalue weighted by Crippen LogP contribution is -2.54. The number of amides is 4.